The first-order chi connectivity index (χ1) is 6.88. The Hall–Kier alpha value is -0.940. The largest absolute Gasteiger partial charge is 0.387 e. The molecule has 0 aromatic carbocycles. The molecule has 1 unspecified atom stereocenters. The summed E-state index contributed by atoms with van der Waals surface area (Å²) in [6.07, 6.45) is 4.49. The third-order valence-corrected chi connectivity index (χ3v) is 2.49. The van der Waals surface area contributed by atoms with Crippen molar-refractivity contribution >= 4 is 0 Å². The van der Waals surface area contributed by atoms with Crippen LogP contribution in [0.2, 0.25) is 0 Å². The molecule has 0 bridgehead atoms. The minimum atomic E-state index is -0.176. The van der Waals surface area contributed by atoms with Crippen molar-refractivity contribution in [1.82, 2.24) is 15.5 Å². The molecule has 0 radical (unpaired) electrons. The number of aromatic nitrogens is 2. The van der Waals surface area contributed by atoms with Crippen LogP contribution in [0.4, 0.5) is 0 Å². The first kappa shape index (κ1) is 9.61. The SMILES string of the molecule is OCc1nc(CC2CCCCN2)no1. The average molecular weight is 197 g/mol. The monoisotopic (exact) mass is 197 g/mol. The van der Waals surface area contributed by atoms with Crippen molar-refractivity contribution in [3.8, 4) is 0 Å². The minimum Gasteiger partial charge on any atom is -0.387 e. The number of rotatable bonds is 3. The summed E-state index contributed by atoms with van der Waals surface area (Å²) in [4.78, 5) is 4.06. The van der Waals surface area contributed by atoms with Gasteiger partial charge in [-0.1, -0.05) is 11.6 Å². The van der Waals surface area contributed by atoms with Gasteiger partial charge >= 0.3 is 0 Å². The predicted molar refractivity (Wildman–Crippen MR) is 49.6 cm³/mol. The highest BCUT2D eigenvalue weighted by Gasteiger charge is 2.16. The lowest BCUT2D eigenvalue weighted by atomic mass is 10.0. The van der Waals surface area contributed by atoms with E-state index in [1.165, 1.54) is 19.3 Å². The molecule has 1 atom stereocenters. The fourth-order valence-corrected chi connectivity index (χ4v) is 1.76. The molecule has 2 heterocycles. The summed E-state index contributed by atoms with van der Waals surface area (Å²) in [5, 5.41) is 16.0. The van der Waals surface area contributed by atoms with Crippen LogP contribution in [0.15, 0.2) is 4.52 Å². The first-order valence-electron chi connectivity index (χ1n) is 5.04. The zero-order chi connectivity index (χ0) is 9.80. The molecule has 0 spiro atoms. The molecule has 1 aromatic rings. The fraction of sp³-hybridized carbons (Fsp3) is 0.778. The van der Waals surface area contributed by atoms with Crippen LogP contribution in [0.5, 0.6) is 0 Å². The number of nitrogens with zero attached hydrogens (tertiary/aromatic N) is 2. The average Bonchev–Trinajstić information content (AvgIpc) is 2.67. The number of piperidine rings is 1. The van der Waals surface area contributed by atoms with Gasteiger partial charge in [0.15, 0.2) is 5.82 Å². The smallest absolute Gasteiger partial charge is 0.252 e. The Morgan fingerprint density at radius 3 is 3.07 bits per heavy atom. The lowest BCUT2D eigenvalue weighted by molar-refractivity contribution is 0.222. The van der Waals surface area contributed by atoms with Crippen LogP contribution in [-0.4, -0.2) is 27.8 Å². The normalized spacial score (nSPS) is 22.5. The van der Waals surface area contributed by atoms with E-state index in [2.05, 4.69) is 15.5 Å². The van der Waals surface area contributed by atoms with Crippen molar-refractivity contribution in [2.45, 2.75) is 38.3 Å². The van der Waals surface area contributed by atoms with Crippen LogP contribution in [-0.2, 0) is 13.0 Å². The highest BCUT2D eigenvalue weighted by molar-refractivity contribution is 4.90. The van der Waals surface area contributed by atoms with E-state index in [0.717, 1.165) is 13.0 Å². The van der Waals surface area contributed by atoms with E-state index < -0.39 is 0 Å². The molecular formula is C9H15N3O2. The van der Waals surface area contributed by atoms with Gasteiger partial charge in [0.1, 0.15) is 6.61 Å². The van der Waals surface area contributed by atoms with Gasteiger partial charge in [-0.05, 0) is 19.4 Å². The second-order valence-corrected chi connectivity index (χ2v) is 3.61. The third kappa shape index (κ3) is 2.30. The van der Waals surface area contributed by atoms with Crippen LogP contribution in [0, 0.1) is 0 Å². The van der Waals surface area contributed by atoms with Crippen molar-refractivity contribution in [2.24, 2.45) is 0 Å². The first-order valence-corrected chi connectivity index (χ1v) is 5.04. The molecule has 78 valence electrons. The molecule has 1 aliphatic heterocycles. The molecule has 0 amide bonds. The molecule has 0 aliphatic carbocycles. The quantitative estimate of drug-likeness (QED) is 0.726. The molecule has 5 nitrogen and oxygen atoms in total. The van der Waals surface area contributed by atoms with Gasteiger partial charge in [0.05, 0.1) is 0 Å². The van der Waals surface area contributed by atoms with Gasteiger partial charge in [-0.2, -0.15) is 4.98 Å². The molecule has 1 saturated heterocycles. The molecular weight excluding hydrogens is 182 g/mol. The molecule has 1 aromatic heterocycles. The molecule has 1 fully saturated rings. The molecule has 2 N–H and O–H groups in total. The van der Waals surface area contributed by atoms with Gasteiger partial charge < -0.3 is 14.9 Å². The zero-order valence-corrected chi connectivity index (χ0v) is 8.07. The summed E-state index contributed by atoms with van der Waals surface area (Å²) < 4.78 is 4.82. The van der Waals surface area contributed by atoms with Crippen LogP contribution >= 0.6 is 0 Å². The second kappa shape index (κ2) is 4.52. The van der Waals surface area contributed by atoms with Crippen molar-refractivity contribution in [1.29, 1.82) is 0 Å². The van der Waals surface area contributed by atoms with Crippen molar-refractivity contribution < 1.29 is 9.63 Å². The van der Waals surface area contributed by atoms with E-state index in [-0.39, 0.29) is 6.61 Å². The van der Waals surface area contributed by atoms with Crippen LogP contribution in [0.3, 0.4) is 0 Å². The molecule has 14 heavy (non-hydrogen) atoms. The Morgan fingerprint density at radius 1 is 1.50 bits per heavy atom. The summed E-state index contributed by atoms with van der Waals surface area (Å²) >= 11 is 0. The number of aliphatic hydroxyl groups is 1. The molecule has 0 saturated carbocycles. The predicted octanol–water partition coefficient (Wildman–Crippen LogP) is 0.246. The van der Waals surface area contributed by atoms with E-state index in [4.69, 9.17) is 9.63 Å². The highest BCUT2D eigenvalue weighted by Crippen LogP contribution is 2.10. The van der Waals surface area contributed by atoms with E-state index in [1.807, 2.05) is 0 Å². The van der Waals surface area contributed by atoms with Crippen molar-refractivity contribution in [3.05, 3.63) is 11.7 Å². The standard InChI is InChI=1S/C9H15N3O2/c13-6-9-11-8(12-14-9)5-7-3-1-2-4-10-7/h7,10,13H,1-6H2. The van der Waals surface area contributed by atoms with E-state index in [9.17, 15) is 0 Å². The number of nitrogens with one attached hydrogen (secondary N) is 1. The van der Waals surface area contributed by atoms with Gasteiger partial charge in [0, 0.05) is 12.5 Å². The van der Waals surface area contributed by atoms with Crippen LogP contribution in [0.1, 0.15) is 31.0 Å². The number of aliphatic hydroxyl groups excluding tert-OH is 1. The van der Waals surface area contributed by atoms with Gasteiger partial charge in [0.25, 0.3) is 5.89 Å². The maximum atomic E-state index is 8.74. The lowest BCUT2D eigenvalue weighted by Crippen LogP contribution is -2.35. The number of hydrogen-bond donors (Lipinski definition) is 2. The Balaban J connectivity index is 1.89. The number of hydrogen-bond acceptors (Lipinski definition) is 5. The second-order valence-electron chi connectivity index (χ2n) is 3.61. The summed E-state index contributed by atoms with van der Waals surface area (Å²) in [6, 6.07) is 0.466. The Morgan fingerprint density at radius 2 is 2.43 bits per heavy atom. The zero-order valence-electron chi connectivity index (χ0n) is 8.07. The van der Waals surface area contributed by atoms with E-state index >= 15 is 0 Å². The van der Waals surface area contributed by atoms with E-state index in [0.29, 0.717) is 17.8 Å². The van der Waals surface area contributed by atoms with Crippen molar-refractivity contribution in [3.63, 3.8) is 0 Å². The summed E-state index contributed by atoms with van der Waals surface area (Å²) in [7, 11) is 0. The van der Waals surface area contributed by atoms with Gasteiger partial charge in [-0.25, -0.2) is 0 Å². The Labute approximate surface area is 82.5 Å². The highest BCUT2D eigenvalue weighted by atomic mass is 16.5. The van der Waals surface area contributed by atoms with Crippen LogP contribution < -0.4 is 5.32 Å². The lowest BCUT2D eigenvalue weighted by Gasteiger charge is -2.21. The fourth-order valence-electron chi connectivity index (χ4n) is 1.76. The maximum Gasteiger partial charge on any atom is 0.252 e. The molecule has 1 aliphatic rings. The molecule has 5 heteroatoms. The topological polar surface area (TPSA) is 71.2 Å². The van der Waals surface area contributed by atoms with Gasteiger partial charge in [-0.3, -0.25) is 0 Å². The minimum absolute atomic E-state index is 0.176. The Kier molecular flexibility index (Phi) is 3.10. The summed E-state index contributed by atoms with van der Waals surface area (Å²) in [5.74, 6) is 0.990. The van der Waals surface area contributed by atoms with Gasteiger partial charge in [0.2, 0.25) is 0 Å². The van der Waals surface area contributed by atoms with Crippen LogP contribution in [0.25, 0.3) is 0 Å². The Bertz CT molecular complexity index is 281. The summed E-state index contributed by atoms with van der Waals surface area (Å²) in [6.45, 7) is 0.903. The molecule has 2 rings (SSSR count). The van der Waals surface area contributed by atoms with E-state index in [1.54, 1.807) is 0 Å². The third-order valence-electron chi connectivity index (χ3n) is 2.49. The maximum absolute atomic E-state index is 8.74. The van der Waals surface area contributed by atoms with Crippen molar-refractivity contribution in [2.75, 3.05) is 6.54 Å². The van der Waals surface area contributed by atoms with Gasteiger partial charge in [-0.15, -0.1) is 0 Å². The summed E-state index contributed by atoms with van der Waals surface area (Å²) in [5.41, 5.74) is 0.